The molecule has 12 nitrogen and oxygen atoms in total. The molecule has 46 heavy (non-hydrogen) atoms. The van der Waals surface area contributed by atoms with Gasteiger partial charge in [-0.3, -0.25) is 23.7 Å². The number of halogens is 1. The summed E-state index contributed by atoms with van der Waals surface area (Å²) < 4.78 is 26.3. The summed E-state index contributed by atoms with van der Waals surface area (Å²) in [6, 6.07) is 9.28. The lowest BCUT2D eigenvalue weighted by atomic mass is 9.91. The minimum Gasteiger partial charge on any atom is -0.340 e. The molecule has 6 rings (SSSR count). The Morgan fingerprint density at radius 2 is 1.87 bits per heavy atom. The van der Waals surface area contributed by atoms with E-state index in [-0.39, 0.29) is 52.9 Å². The van der Waals surface area contributed by atoms with Gasteiger partial charge in [0.15, 0.2) is 0 Å². The smallest absolute Gasteiger partial charge is 0.340 e. The number of hydrogen-bond acceptors (Lipinski definition) is 7. The zero-order valence-corrected chi connectivity index (χ0v) is 26.4. The minimum absolute atomic E-state index is 0.149. The van der Waals surface area contributed by atoms with Gasteiger partial charge in [0.05, 0.1) is 16.9 Å². The molecule has 0 unspecified atom stereocenters. The summed E-state index contributed by atoms with van der Waals surface area (Å²) in [5.41, 5.74) is 0.203. The van der Waals surface area contributed by atoms with E-state index in [0.717, 1.165) is 24.2 Å². The Kier molecular flexibility index (Phi) is 8.87. The molecular formula is C31H33FN5O7PS. The second-order valence-corrected chi connectivity index (χ2v) is 14.9. The molecule has 6 atom stereocenters. The number of likely N-dealkylation sites (tertiary alicyclic amines) is 1. The van der Waals surface area contributed by atoms with E-state index in [1.165, 1.54) is 36.5 Å². The molecule has 3 fully saturated rings. The largest absolute Gasteiger partial charge is 0.363 e. The SMILES string of the molecule is N#C[C@@H]1CN(C(=O)[C@@H]2CC[C@@H]3CCCC[C@H](NC(=O)c4cc5cc([C@@H](F)P(=O)(O)O)ccc5s4)C(=O)N32)C[C@H]1c1cc[nH]c(=O)c1. The molecule has 2 aromatic heterocycles. The number of fused-ring (bicyclic) bond motifs is 2. The summed E-state index contributed by atoms with van der Waals surface area (Å²) in [5, 5.41) is 13.1. The van der Waals surface area contributed by atoms with E-state index in [9.17, 15) is 43.2 Å². The van der Waals surface area contributed by atoms with E-state index < -0.39 is 37.4 Å². The highest BCUT2D eigenvalue weighted by Gasteiger charge is 2.47. The summed E-state index contributed by atoms with van der Waals surface area (Å²) >= 11 is 1.11. The molecule has 0 bridgehead atoms. The molecule has 3 saturated heterocycles. The van der Waals surface area contributed by atoms with Crippen LogP contribution in [0.4, 0.5) is 4.39 Å². The van der Waals surface area contributed by atoms with Crippen molar-refractivity contribution in [1.82, 2.24) is 20.1 Å². The Morgan fingerprint density at radius 1 is 1.09 bits per heavy atom. The van der Waals surface area contributed by atoms with Gasteiger partial charge >= 0.3 is 7.60 Å². The van der Waals surface area contributed by atoms with Gasteiger partial charge in [-0.05, 0) is 66.5 Å². The van der Waals surface area contributed by atoms with Crippen molar-refractivity contribution in [2.45, 2.75) is 68.5 Å². The molecule has 5 heterocycles. The number of pyridine rings is 1. The fourth-order valence-electron chi connectivity index (χ4n) is 7.01. The van der Waals surface area contributed by atoms with Gasteiger partial charge in [0.2, 0.25) is 23.3 Å². The Bertz CT molecular complexity index is 1830. The second-order valence-electron chi connectivity index (χ2n) is 12.2. The van der Waals surface area contributed by atoms with Gasteiger partial charge < -0.3 is 29.9 Å². The molecule has 3 aliphatic heterocycles. The topological polar surface area (TPSA) is 184 Å². The van der Waals surface area contributed by atoms with Crippen LogP contribution in [0.3, 0.4) is 0 Å². The first kappa shape index (κ1) is 32.1. The van der Waals surface area contributed by atoms with Crippen LogP contribution in [-0.4, -0.2) is 73.5 Å². The first-order valence-corrected chi connectivity index (χ1v) is 17.7. The van der Waals surface area contributed by atoms with Gasteiger partial charge in [0.25, 0.3) is 5.91 Å². The van der Waals surface area contributed by atoms with E-state index >= 15 is 0 Å². The molecule has 15 heteroatoms. The van der Waals surface area contributed by atoms with Crippen LogP contribution in [0, 0.1) is 17.2 Å². The summed E-state index contributed by atoms with van der Waals surface area (Å²) in [5.74, 6) is -4.39. The van der Waals surface area contributed by atoms with Gasteiger partial charge in [0.1, 0.15) is 12.1 Å². The number of alkyl halides is 1. The van der Waals surface area contributed by atoms with E-state index in [4.69, 9.17) is 0 Å². The number of aromatic amines is 1. The predicted octanol–water partition coefficient (Wildman–Crippen LogP) is 3.53. The number of H-pyrrole nitrogens is 1. The van der Waals surface area contributed by atoms with Crippen LogP contribution in [0.2, 0.25) is 0 Å². The zero-order valence-electron chi connectivity index (χ0n) is 24.7. The highest BCUT2D eigenvalue weighted by atomic mass is 32.1. The fourth-order valence-corrected chi connectivity index (χ4v) is 8.50. The summed E-state index contributed by atoms with van der Waals surface area (Å²) in [6.07, 6.45) is 5.32. The minimum atomic E-state index is -5.00. The number of amides is 3. The number of carbonyl (C=O) groups is 3. The predicted molar refractivity (Wildman–Crippen MR) is 167 cm³/mol. The molecule has 4 N–H and O–H groups in total. The quantitative estimate of drug-likeness (QED) is 0.287. The summed E-state index contributed by atoms with van der Waals surface area (Å²) in [6.45, 7) is 0.454. The first-order chi connectivity index (χ1) is 21.9. The highest BCUT2D eigenvalue weighted by molar-refractivity contribution is 7.51. The van der Waals surface area contributed by atoms with Crippen molar-refractivity contribution in [3.05, 3.63) is 69.0 Å². The van der Waals surface area contributed by atoms with Crippen LogP contribution >= 0.6 is 18.9 Å². The van der Waals surface area contributed by atoms with Crippen LogP contribution in [0.5, 0.6) is 0 Å². The maximum atomic E-state index is 14.3. The van der Waals surface area contributed by atoms with Crippen molar-refractivity contribution in [1.29, 1.82) is 5.26 Å². The van der Waals surface area contributed by atoms with E-state index in [1.54, 1.807) is 15.9 Å². The Balaban J connectivity index is 1.19. The van der Waals surface area contributed by atoms with Crippen LogP contribution in [0.25, 0.3) is 10.1 Å². The third kappa shape index (κ3) is 6.25. The monoisotopic (exact) mass is 669 g/mol. The lowest BCUT2D eigenvalue weighted by Crippen LogP contribution is -2.56. The Hall–Kier alpha value is -3.89. The zero-order chi connectivity index (χ0) is 32.7. The van der Waals surface area contributed by atoms with E-state index in [2.05, 4.69) is 16.4 Å². The van der Waals surface area contributed by atoms with Crippen molar-refractivity contribution in [3.63, 3.8) is 0 Å². The molecule has 242 valence electrons. The number of benzene rings is 1. The average Bonchev–Trinajstić information content (AvgIpc) is 3.76. The Morgan fingerprint density at radius 3 is 2.61 bits per heavy atom. The van der Waals surface area contributed by atoms with Gasteiger partial charge in [0, 0.05) is 42.0 Å². The maximum absolute atomic E-state index is 14.3. The van der Waals surface area contributed by atoms with Crippen LogP contribution in [0.1, 0.15) is 71.2 Å². The van der Waals surface area contributed by atoms with Crippen molar-refractivity contribution >= 4 is 46.7 Å². The average molecular weight is 670 g/mol. The summed E-state index contributed by atoms with van der Waals surface area (Å²) in [7, 11) is -5.00. The van der Waals surface area contributed by atoms with Crippen molar-refractivity contribution in [2.24, 2.45) is 5.92 Å². The number of aromatic nitrogens is 1. The van der Waals surface area contributed by atoms with E-state index in [1.807, 2.05) is 0 Å². The third-order valence-electron chi connectivity index (χ3n) is 9.28. The number of nitrogens with one attached hydrogen (secondary N) is 2. The number of thiophene rings is 1. The van der Waals surface area contributed by atoms with Crippen molar-refractivity contribution in [3.8, 4) is 6.07 Å². The molecular weight excluding hydrogens is 636 g/mol. The Labute approximate surface area is 267 Å². The number of rotatable bonds is 6. The van der Waals surface area contributed by atoms with Crippen LogP contribution < -0.4 is 10.9 Å². The van der Waals surface area contributed by atoms with Gasteiger partial charge in [-0.2, -0.15) is 5.26 Å². The summed E-state index contributed by atoms with van der Waals surface area (Å²) in [4.78, 5) is 77.8. The van der Waals surface area contributed by atoms with Gasteiger partial charge in [-0.1, -0.05) is 18.9 Å². The molecule has 0 spiro atoms. The highest BCUT2D eigenvalue weighted by Crippen LogP contribution is 2.53. The molecule has 0 radical (unpaired) electrons. The van der Waals surface area contributed by atoms with Crippen LogP contribution in [0.15, 0.2) is 47.4 Å². The van der Waals surface area contributed by atoms with Gasteiger partial charge in [-0.15, -0.1) is 11.3 Å². The number of hydrogen-bond donors (Lipinski definition) is 4. The lowest BCUT2D eigenvalue weighted by Gasteiger charge is -2.36. The maximum Gasteiger partial charge on any atom is 0.363 e. The van der Waals surface area contributed by atoms with Crippen molar-refractivity contribution < 1.29 is 33.1 Å². The normalized spacial score (nSPS) is 25.9. The molecule has 0 aliphatic carbocycles. The number of carbonyl (C=O) groups excluding carboxylic acids is 3. The molecule has 0 saturated carbocycles. The lowest BCUT2D eigenvalue weighted by molar-refractivity contribution is -0.146. The standard InChI is InChI=1S/C31H33FN5O7PS/c32-28(45(42,43)44)18-5-8-25-19(11-18)12-26(46-25)29(39)35-23-4-2-1-3-21-6-7-24(37(21)30(23)40)31(41)36-15-20(14-33)22(16-36)17-9-10-34-27(38)13-17/h5,8-13,20-24,28H,1-4,6-7,15-16H2,(H,34,38)(H,35,39)(H2,42,43,44)/t20-,21+,22+,23+,24+,28+/m1/s1. The third-order valence-corrected chi connectivity index (χ3v) is 11.3. The first-order valence-electron chi connectivity index (χ1n) is 15.2. The molecule has 3 aliphatic rings. The molecule has 3 amide bonds. The molecule has 1 aromatic carbocycles. The number of nitriles is 1. The van der Waals surface area contributed by atoms with Crippen molar-refractivity contribution in [2.75, 3.05) is 13.1 Å². The van der Waals surface area contributed by atoms with Gasteiger partial charge in [-0.25, -0.2) is 4.39 Å². The fraction of sp³-hybridized carbons (Fsp3) is 0.452. The number of nitrogens with zero attached hydrogens (tertiary/aromatic N) is 3. The molecule has 3 aromatic rings. The second kappa shape index (κ2) is 12.7. The van der Waals surface area contributed by atoms with E-state index in [0.29, 0.717) is 41.3 Å². The van der Waals surface area contributed by atoms with Crippen LogP contribution in [-0.2, 0) is 14.2 Å².